The second kappa shape index (κ2) is 8.48. The molecule has 1 aliphatic rings. The fourth-order valence-electron chi connectivity index (χ4n) is 5.12. The highest BCUT2D eigenvalue weighted by Gasteiger charge is 2.35. The summed E-state index contributed by atoms with van der Waals surface area (Å²) in [7, 11) is -3.41. The quantitative estimate of drug-likeness (QED) is 0.439. The Morgan fingerprint density at radius 1 is 1.12 bits per heavy atom. The SMILES string of the molecule is C[C@@H]1C[C@@H](n2c(Nc3ccc(OC(F)(F)F)cc3)nc3ccc(S(C)(=O)=O)cc32)CC(C)(C)C1. The van der Waals surface area contributed by atoms with Gasteiger partial charge in [0.1, 0.15) is 5.75 Å². The van der Waals surface area contributed by atoms with Crippen molar-refractivity contribution < 1.29 is 26.3 Å². The van der Waals surface area contributed by atoms with Crippen molar-refractivity contribution in [2.75, 3.05) is 11.6 Å². The number of anilines is 2. The van der Waals surface area contributed by atoms with Gasteiger partial charge in [0.25, 0.3) is 0 Å². The number of nitrogens with one attached hydrogen (secondary N) is 1. The predicted molar refractivity (Wildman–Crippen MR) is 125 cm³/mol. The number of benzene rings is 2. The van der Waals surface area contributed by atoms with Crippen LogP contribution in [0, 0.1) is 11.3 Å². The zero-order valence-electron chi connectivity index (χ0n) is 19.5. The number of rotatable bonds is 5. The lowest BCUT2D eigenvalue weighted by Gasteiger charge is -2.40. The van der Waals surface area contributed by atoms with Crippen molar-refractivity contribution >= 4 is 32.5 Å². The average Bonchev–Trinajstić information content (AvgIpc) is 3.03. The average molecular weight is 496 g/mol. The molecular formula is C24H28F3N3O3S. The van der Waals surface area contributed by atoms with Crippen LogP contribution in [0.25, 0.3) is 11.0 Å². The van der Waals surface area contributed by atoms with Crippen LogP contribution in [-0.4, -0.2) is 30.6 Å². The molecule has 1 aliphatic carbocycles. The zero-order valence-corrected chi connectivity index (χ0v) is 20.3. The fourth-order valence-corrected chi connectivity index (χ4v) is 5.76. The third-order valence-corrected chi connectivity index (χ3v) is 7.27. The summed E-state index contributed by atoms with van der Waals surface area (Å²) in [5.41, 5.74) is 1.99. The highest BCUT2D eigenvalue weighted by atomic mass is 32.2. The van der Waals surface area contributed by atoms with Gasteiger partial charge in [-0.15, -0.1) is 13.2 Å². The Labute approximate surface area is 197 Å². The van der Waals surface area contributed by atoms with E-state index in [9.17, 15) is 21.6 Å². The number of hydrogen-bond donors (Lipinski definition) is 1. The lowest BCUT2D eigenvalue weighted by atomic mass is 9.70. The Morgan fingerprint density at radius 2 is 1.79 bits per heavy atom. The molecule has 3 aromatic rings. The minimum absolute atomic E-state index is 0.0777. The summed E-state index contributed by atoms with van der Waals surface area (Å²) in [5.74, 6) is 0.670. The topological polar surface area (TPSA) is 73.2 Å². The molecule has 10 heteroatoms. The zero-order chi connectivity index (χ0) is 24.9. The normalized spacial score (nSPS) is 20.9. The molecule has 0 aliphatic heterocycles. The predicted octanol–water partition coefficient (Wildman–Crippen LogP) is 6.47. The Kier molecular flexibility index (Phi) is 6.08. The molecule has 0 bridgehead atoms. The van der Waals surface area contributed by atoms with Crippen LogP contribution < -0.4 is 10.1 Å². The minimum atomic E-state index is -4.76. The summed E-state index contributed by atoms with van der Waals surface area (Å²) in [6.07, 6.45) is -0.701. The van der Waals surface area contributed by atoms with Crippen LogP contribution in [0.1, 0.15) is 46.1 Å². The van der Waals surface area contributed by atoms with Crippen molar-refractivity contribution in [1.82, 2.24) is 9.55 Å². The number of imidazole rings is 1. The van der Waals surface area contributed by atoms with Crippen LogP contribution >= 0.6 is 0 Å². The Hall–Kier alpha value is -2.75. The van der Waals surface area contributed by atoms with Gasteiger partial charge in [-0.2, -0.15) is 0 Å². The van der Waals surface area contributed by atoms with Crippen LogP contribution in [0.3, 0.4) is 0 Å². The van der Waals surface area contributed by atoms with E-state index in [0.717, 1.165) is 19.3 Å². The molecule has 6 nitrogen and oxygen atoms in total. The molecule has 4 rings (SSSR count). The summed E-state index contributed by atoms with van der Waals surface area (Å²) in [4.78, 5) is 4.92. The molecule has 0 radical (unpaired) electrons. The molecule has 34 heavy (non-hydrogen) atoms. The van der Waals surface area contributed by atoms with Crippen molar-refractivity contribution in [2.24, 2.45) is 11.3 Å². The molecule has 0 saturated heterocycles. The molecule has 1 heterocycles. The summed E-state index contributed by atoms with van der Waals surface area (Å²) < 4.78 is 67.9. The first kappa shape index (κ1) is 24.4. The molecule has 2 aromatic carbocycles. The highest BCUT2D eigenvalue weighted by Crippen LogP contribution is 2.46. The molecule has 1 fully saturated rings. The third-order valence-electron chi connectivity index (χ3n) is 6.16. The first-order valence-corrected chi connectivity index (χ1v) is 12.9. The number of alkyl halides is 3. The summed E-state index contributed by atoms with van der Waals surface area (Å²) in [6.45, 7) is 6.66. The maximum absolute atomic E-state index is 12.5. The van der Waals surface area contributed by atoms with Crippen LogP contribution in [0.2, 0.25) is 0 Å². The van der Waals surface area contributed by atoms with Gasteiger partial charge in [-0.3, -0.25) is 0 Å². The van der Waals surface area contributed by atoms with Gasteiger partial charge < -0.3 is 14.6 Å². The van der Waals surface area contributed by atoms with Gasteiger partial charge in [0, 0.05) is 18.0 Å². The molecule has 1 N–H and O–H groups in total. The van der Waals surface area contributed by atoms with Gasteiger partial charge in [-0.05, 0) is 73.1 Å². The van der Waals surface area contributed by atoms with Crippen molar-refractivity contribution in [3.63, 3.8) is 0 Å². The first-order chi connectivity index (χ1) is 15.7. The second-order valence-corrected chi connectivity index (χ2v) is 12.0. The molecule has 184 valence electrons. The Morgan fingerprint density at radius 3 is 2.38 bits per heavy atom. The van der Waals surface area contributed by atoms with Gasteiger partial charge in [0.2, 0.25) is 5.95 Å². The summed E-state index contributed by atoms with van der Waals surface area (Å²) in [5, 5.41) is 3.22. The van der Waals surface area contributed by atoms with Crippen LogP contribution in [0.5, 0.6) is 5.75 Å². The fraction of sp³-hybridized carbons (Fsp3) is 0.458. The molecule has 1 saturated carbocycles. The number of sulfone groups is 1. The van der Waals surface area contributed by atoms with Crippen molar-refractivity contribution in [3.8, 4) is 5.75 Å². The van der Waals surface area contributed by atoms with Crippen LogP contribution in [-0.2, 0) is 9.84 Å². The molecule has 0 spiro atoms. The van der Waals surface area contributed by atoms with Gasteiger partial charge in [-0.25, -0.2) is 13.4 Å². The molecule has 0 amide bonds. The van der Waals surface area contributed by atoms with Crippen molar-refractivity contribution in [3.05, 3.63) is 42.5 Å². The van der Waals surface area contributed by atoms with Crippen LogP contribution in [0.4, 0.5) is 24.8 Å². The number of hydrogen-bond acceptors (Lipinski definition) is 5. The lowest BCUT2D eigenvalue weighted by molar-refractivity contribution is -0.274. The van der Waals surface area contributed by atoms with E-state index in [2.05, 4.69) is 30.8 Å². The van der Waals surface area contributed by atoms with Crippen molar-refractivity contribution in [2.45, 2.75) is 57.3 Å². The van der Waals surface area contributed by atoms with E-state index in [4.69, 9.17) is 4.98 Å². The van der Waals surface area contributed by atoms with E-state index >= 15 is 0 Å². The van der Waals surface area contributed by atoms with E-state index in [1.807, 2.05) is 4.57 Å². The monoisotopic (exact) mass is 495 g/mol. The molecule has 1 aromatic heterocycles. The van der Waals surface area contributed by atoms with Gasteiger partial charge in [0.15, 0.2) is 9.84 Å². The standard InChI is InChI=1S/C24H28F3N3O3S/c1-15-11-17(14-23(2,3)13-15)30-21-12-19(34(4,31)32)9-10-20(21)29-22(30)28-16-5-7-18(8-6-16)33-24(25,26)27/h5-10,12,15,17H,11,13-14H2,1-4H3,(H,28,29)/t15-,17-/m1/s1. The van der Waals surface area contributed by atoms with E-state index < -0.39 is 16.2 Å². The van der Waals surface area contributed by atoms with E-state index in [1.165, 1.54) is 36.6 Å². The lowest BCUT2D eigenvalue weighted by Crippen LogP contribution is -2.29. The third kappa shape index (κ3) is 5.48. The van der Waals surface area contributed by atoms with Gasteiger partial charge in [-0.1, -0.05) is 20.8 Å². The smallest absolute Gasteiger partial charge is 0.406 e. The van der Waals surface area contributed by atoms with E-state index in [1.54, 1.807) is 12.1 Å². The van der Waals surface area contributed by atoms with E-state index in [0.29, 0.717) is 28.6 Å². The number of halogens is 3. The van der Waals surface area contributed by atoms with E-state index in [-0.39, 0.29) is 22.1 Å². The van der Waals surface area contributed by atoms with Crippen molar-refractivity contribution in [1.29, 1.82) is 0 Å². The number of aromatic nitrogens is 2. The number of nitrogens with zero attached hydrogens (tertiary/aromatic N) is 2. The number of ether oxygens (including phenoxy) is 1. The Bertz CT molecular complexity index is 1300. The molecule has 0 unspecified atom stereocenters. The maximum atomic E-state index is 12.5. The number of fused-ring (bicyclic) bond motifs is 1. The minimum Gasteiger partial charge on any atom is -0.406 e. The first-order valence-electron chi connectivity index (χ1n) is 11.1. The van der Waals surface area contributed by atoms with Gasteiger partial charge >= 0.3 is 6.36 Å². The van der Waals surface area contributed by atoms with Gasteiger partial charge in [0.05, 0.1) is 15.9 Å². The molecule has 2 atom stereocenters. The molecular weight excluding hydrogens is 467 g/mol. The maximum Gasteiger partial charge on any atom is 0.573 e. The largest absolute Gasteiger partial charge is 0.573 e. The Balaban J connectivity index is 1.77. The second-order valence-electron chi connectivity index (χ2n) is 9.99. The highest BCUT2D eigenvalue weighted by molar-refractivity contribution is 7.90. The van der Waals surface area contributed by atoms with Crippen LogP contribution in [0.15, 0.2) is 47.4 Å². The summed E-state index contributed by atoms with van der Waals surface area (Å²) >= 11 is 0. The summed E-state index contributed by atoms with van der Waals surface area (Å²) in [6, 6.07) is 10.4.